The van der Waals surface area contributed by atoms with Gasteiger partial charge in [-0.2, -0.15) is 0 Å². The topological polar surface area (TPSA) is 60.4 Å². The van der Waals surface area contributed by atoms with E-state index in [9.17, 15) is 0 Å². The largest absolute Gasteiger partial charge is 0.481 e. The molecule has 6 nitrogen and oxygen atoms in total. The third kappa shape index (κ3) is 4.72. The van der Waals surface area contributed by atoms with Crippen LogP contribution in [0.3, 0.4) is 0 Å². The standard InChI is InChI=1S/C18H24N4O2/c1-22(11-14-4-3-7-19-10-14)12-17-6-5-16(24-17)8-15-9-18(23-2)21-13-20-15/h3-4,7,9-10,13,16-17H,5-6,8,11-12H2,1-2H3/t16-,17+/m0/s1. The molecule has 0 amide bonds. The lowest BCUT2D eigenvalue weighted by molar-refractivity contribution is 0.0262. The fraction of sp³-hybridized carbons (Fsp3) is 0.500. The first-order valence-corrected chi connectivity index (χ1v) is 8.30. The second kappa shape index (κ2) is 8.17. The predicted molar refractivity (Wildman–Crippen MR) is 90.8 cm³/mol. The lowest BCUT2D eigenvalue weighted by atomic mass is 10.1. The van der Waals surface area contributed by atoms with Crippen molar-refractivity contribution in [3.05, 3.63) is 48.2 Å². The maximum atomic E-state index is 6.19. The molecule has 0 bridgehead atoms. The van der Waals surface area contributed by atoms with Crippen molar-refractivity contribution in [3.8, 4) is 5.88 Å². The summed E-state index contributed by atoms with van der Waals surface area (Å²) < 4.78 is 11.3. The predicted octanol–water partition coefficient (Wildman–Crippen LogP) is 2.10. The highest BCUT2D eigenvalue weighted by atomic mass is 16.5. The minimum absolute atomic E-state index is 0.224. The van der Waals surface area contributed by atoms with Crippen molar-refractivity contribution >= 4 is 0 Å². The number of hydrogen-bond donors (Lipinski definition) is 0. The second-order valence-electron chi connectivity index (χ2n) is 6.27. The summed E-state index contributed by atoms with van der Waals surface area (Å²) in [5, 5.41) is 0. The molecule has 6 heteroatoms. The molecule has 0 N–H and O–H groups in total. The van der Waals surface area contributed by atoms with Gasteiger partial charge in [0.05, 0.1) is 25.0 Å². The first-order valence-electron chi connectivity index (χ1n) is 8.30. The number of hydrogen-bond acceptors (Lipinski definition) is 6. The van der Waals surface area contributed by atoms with E-state index in [1.165, 1.54) is 5.56 Å². The van der Waals surface area contributed by atoms with E-state index in [0.29, 0.717) is 5.88 Å². The second-order valence-corrected chi connectivity index (χ2v) is 6.27. The molecule has 0 saturated carbocycles. The molecule has 0 radical (unpaired) electrons. The van der Waals surface area contributed by atoms with Gasteiger partial charge in [-0.1, -0.05) is 6.07 Å². The van der Waals surface area contributed by atoms with Gasteiger partial charge in [0.2, 0.25) is 5.88 Å². The van der Waals surface area contributed by atoms with Crippen LogP contribution in [0.1, 0.15) is 24.1 Å². The summed E-state index contributed by atoms with van der Waals surface area (Å²) in [6, 6.07) is 5.96. The molecule has 3 rings (SSSR count). The number of pyridine rings is 1. The van der Waals surface area contributed by atoms with Gasteiger partial charge in [0.1, 0.15) is 6.33 Å². The third-order valence-electron chi connectivity index (χ3n) is 4.23. The van der Waals surface area contributed by atoms with Crippen molar-refractivity contribution < 1.29 is 9.47 Å². The van der Waals surface area contributed by atoms with Crippen molar-refractivity contribution in [2.24, 2.45) is 0 Å². The summed E-state index contributed by atoms with van der Waals surface area (Å²) in [6.45, 7) is 1.82. The number of nitrogens with zero attached hydrogens (tertiary/aromatic N) is 4. The van der Waals surface area contributed by atoms with Crippen molar-refractivity contribution in [2.45, 2.75) is 38.0 Å². The maximum absolute atomic E-state index is 6.19. The SMILES string of the molecule is COc1cc(C[C@@H]2CC[C@H](CN(C)Cc3cccnc3)O2)ncn1. The Morgan fingerprint density at radius 1 is 1.29 bits per heavy atom. The van der Waals surface area contributed by atoms with E-state index < -0.39 is 0 Å². The highest BCUT2D eigenvalue weighted by molar-refractivity contribution is 5.14. The molecule has 3 heterocycles. The van der Waals surface area contributed by atoms with Crippen LogP contribution in [0.2, 0.25) is 0 Å². The van der Waals surface area contributed by atoms with Crippen LogP contribution in [0, 0.1) is 0 Å². The van der Waals surface area contributed by atoms with Crippen LogP contribution in [0.4, 0.5) is 0 Å². The van der Waals surface area contributed by atoms with E-state index in [0.717, 1.165) is 38.0 Å². The molecule has 0 aliphatic carbocycles. The number of aromatic nitrogens is 3. The Bertz CT molecular complexity index is 638. The normalized spacial score (nSPS) is 20.5. The molecule has 0 spiro atoms. The van der Waals surface area contributed by atoms with Crippen LogP contribution in [-0.4, -0.2) is 52.8 Å². The Labute approximate surface area is 142 Å². The van der Waals surface area contributed by atoms with E-state index >= 15 is 0 Å². The van der Waals surface area contributed by atoms with E-state index in [4.69, 9.17) is 9.47 Å². The zero-order valence-corrected chi connectivity index (χ0v) is 14.3. The fourth-order valence-electron chi connectivity index (χ4n) is 3.11. The van der Waals surface area contributed by atoms with Crippen molar-refractivity contribution in [1.29, 1.82) is 0 Å². The zero-order valence-electron chi connectivity index (χ0n) is 14.3. The number of likely N-dealkylation sites (N-methyl/N-ethyl adjacent to an activating group) is 1. The first kappa shape index (κ1) is 16.8. The van der Waals surface area contributed by atoms with Crippen molar-refractivity contribution in [1.82, 2.24) is 19.9 Å². The molecule has 128 valence electrons. The van der Waals surface area contributed by atoms with Gasteiger partial charge >= 0.3 is 0 Å². The maximum Gasteiger partial charge on any atom is 0.216 e. The van der Waals surface area contributed by atoms with Gasteiger partial charge in [0, 0.05) is 38.0 Å². The molecule has 0 aromatic carbocycles. The molecule has 1 saturated heterocycles. The van der Waals surface area contributed by atoms with Gasteiger partial charge in [-0.05, 0) is 31.5 Å². The molecule has 1 aliphatic rings. The molecule has 2 atom stereocenters. The highest BCUT2D eigenvalue weighted by Crippen LogP contribution is 2.23. The summed E-state index contributed by atoms with van der Waals surface area (Å²) in [7, 11) is 3.74. The van der Waals surface area contributed by atoms with Crippen LogP contribution in [-0.2, 0) is 17.7 Å². The lowest BCUT2D eigenvalue weighted by Gasteiger charge is -2.21. The molecular formula is C18H24N4O2. The molecule has 2 aromatic heterocycles. The molecule has 0 unspecified atom stereocenters. The molecule has 1 aliphatic heterocycles. The van der Waals surface area contributed by atoms with E-state index in [-0.39, 0.29) is 12.2 Å². The minimum Gasteiger partial charge on any atom is -0.481 e. The van der Waals surface area contributed by atoms with Crippen molar-refractivity contribution in [2.75, 3.05) is 20.7 Å². The van der Waals surface area contributed by atoms with E-state index in [2.05, 4.69) is 33.0 Å². The number of rotatable bonds is 7. The van der Waals surface area contributed by atoms with Crippen LogP contribution in [0.5, 0.6) is 5.88 Å². The fourth-order valence-corrected chi connectivity index (χ4v) is 3.11. The van der Waals surface area contributed by atoms with E-state index in [1.54, 1.807) is 19.6 Å². The van der Waals surface area contributed by atoms with Crippen LogP contribution in [0.25, 0.3) is 0 Å². The summed E-state index contributed by atoms with van der Waals surface area (Å²) >= 11 is 0. The average molecular weight is 328 g/mol. The van der Waals surface area contributed by atoms with Gasteiger partial charge in [0.15, 0.2) is 0 Å². The Morgan fingerprint density at radius 2 is 2.17 bits per heavy atom. The smallest absolute Gasteiger partial charge is 0.216 e. The average Bonchev–Trinajstić information content (AvgIpc) is 3.02. The number of methoxy groups -OCH3 is 1. The van der Waals surface area contributed by atoms with Gasteiger partial charge in [0.25, 0.3) is 0 Å². The number of ether oxygens (including phenoxy) is 2. The van der Waals surface area contributed by atoms with Gasteiger partial charge in [-0.15, -0.1) is 0 Å². The monoisotopic (exact) mass is 328 g/mol. The Morgan fingerprint density at radius 3 is 2.96 bits per heavy atom. The summed E-state index contributed by atoms with van der Waals surface area (Å²) in [5.41, 5.74) is 2.19. The van der Waals surface area contributed by atoms with Crippen LogP contribution >= 0.6 is 0 Å². The van der Waals surface area contributed by atoms with E-state index in [1.807, 2.05) is 18.3 Å². The first-order chi connectivity index (χ1) is 11.7. The minimum atomic E-state index is 0.224. The summed E-state index contributed by atoms with van der Waals surface area (Å²) in [6.07, 6.45) is 8.72. The van der Waals surface area contributed by atoms with Crippen LogP contribution < -0.4 is 4.74 Å². The molecule has 1 fully saturated rings. The van der Waals surface area contributed by atoms with Gasteiger partial charge in [-0.25, -0.2) is 9.97 Å². The quantitative estimate of drug-likeness (QED) is 0.776. The zero-order chi connectivity index (χ0) is 16.8. The highest BCUT2D eigenvalue weighted by Gasteiger charge is 2.26. The Kier molecular flexibility index (Phi) is 5.72. The van der Waals surface area contributed by atoms with Gasteiger partial charge < -0.3 is 9.47 Å². The molecular weight excluding hydrogens is 304 g/mol. The lowest BCUT2D eigenvalue weighted by Crippen LogP contribution is -2.29. The van der Waals surface area contributed by atoms with Gasteiger partial charge in [-0.3, -0.25) is 9.88 Å². The summed E-state index contributed by atoms with van der Waals surface area (Å²) in [4.78, 5) is 14.8. The Balaban J connectivity index is 1.46. The van der Waals surface area contributed by atoms with Crippen LogP contribution in [0.15, 0.2) is 36.9 Å². The third-order valence-corrected chi connectivity index (χ3v) is 4.23. The molecule has 2 aromatic rings. The van der Waals surface area contributed by atoms with Crippen molar-refractivity contribution in [3.63, 3.8) is 0 Å². The summed E-state index contributed by atoms with van der Waals surface area (Å²) in [5.74, 6) is 0.603. The Hall–Kier alpha value is -2.05. The molecule has 24 heavy (non-hydrogen) atoms.